The molecular weight excluding hydrogens is 602 g/mol. The van der Waals surface area contributed by atoms with Gasteiger partial charge in [0.2, 0.25) is 0 Å². The number of carboxylic acids is 1. The number of aromatic nitrogens is 2. The molecule has 4 rings (SSSR count). The average molecular weight is 628 g/mol. The number of amides is 2. The first-order valence-electron chi connectivity index (χ1n) is 11.8. The molecule has 0 radical (unpaired) electrons. The topological polar surface area (TPSA) is 186 Å². The lowest BCUT2D eigenvalue weighted by atomic mass is 10.0. The van der Waals surface area contributed by atoms with Gasteiger partial charge in [-0.2, -0.15) is 11.8 Å². The maximum absolute atomic E-state index is 13.2. The largest absolute Gasteiger partial charge is 0.477 e. The molecule has 2 amide bonds. The summed E-state index contributed by atoms with van der Waals surface area (Å²) in [5, 5.41) is 17.3. The number of hydrogen-bond acceptors (Lipinski definition) is 13. The zero-order valence-corrected chi connectivity index (χ0v) is 24.4. The van der Waals surface area contributed by atoms with Gasteiger partial charge in [0, 0.05) is 50.9 Å². The number of nitrogens with two attached hydrogens (primary N) is 2. The van der Waals surface area contributed by atoms with Gasteiger partial charge in [0.25, 0.3) is 11.8 Å². The van der Waals surface area contributed by atoms with Gasteiger partial charge >= 0.3 is 5.97 Å². The van der Waals surface area contributed by atoms with E-state index in [-0.39, 0.29) is 34.9 Å². The van der Waals surface area contributed by atoms with Crippen molar-refractivity contribution in [2.75, 3.05) is 30.5 Å². The second-order valence-corrected chi connectivity index (χ2v) is 12.7. The molecule has 1 unspecified atom stereocenters. The Bertz CT molecular complexity index is 1340. The molecule has 1 saturated heterocycles. The molecule has 40 heavy (non-hydrogen) atoms. The number of thiazole rings is 1. The normalized spacial score (nSPS) is 19.6. The van der Waals surface area contributed by atoms with Crippen LogP contribution in [0.2, 0.25) is 0 Å². The van der Waals surface area contributed by atoms with Crippen molar-refractivity contribution in [3.8, 4) is 0 Å². The highest BCUT2D eigenvalue weighted by Crippen LogP contribution is 2.45. The number of pyridine rings is 1. The minimum absolute atomic E-state index is 0.0429. The van der Waals surface area contributed by atoms with E-state index in [1.807, 2.05) is 13.0 Å². The number of aliphatic carboxylic acids is 1. The Morgan fingerprint density at radius 3 is 2.92 bits per heavy atom. The number of carbonyl (C=O) groups is 3. The Morgan fingerprint density at radius 2 is 2.25 bits per heavy atom. The third kappa shape index (κ3) is 6.88. The first-order valence-corrected chi connectivity index (χ1v) is 15.7. The van der Waals surface area contributed by atoms with E-state index in [1.165, 1.54) is 33.8 Å². The Labute approximate surface area is 245 Å². The first-order chi connectivity index (χ1) is 19.2. The van der Waals surface area contributed by atoms with Crippen LogP contribution < -0.4 is 16.8 Å². The second-order valence-electron chi connectivity index (χ2n) is 8.55. The fourth-order valence-electron chi connectivity index (χ4n) is 3.73. The van der Waals surface area contributed by atoms with Crippen molar-refractivity contribution in [1.82, 2.24) is 20.2 Å². The van der Waals surface area contributed by atoms with Crippen molar-refractivity contribution < 1.29 is 28.7 Å². The maximum Gasteiger partial charge on any atom is 0.353 e. The molecule has 1 fully saturated rings. The van der Waals surface area contributed by atoms with Crippen molar-refractivity contribution in [2.45, 2.75) is 35.0 Å². The lowest BCUT2D eigenvalue weighted by Crippen LogP contribution is -2.71. The summed E-state index contributed by atoms with van der Waals surface area (Å²) in [4.78, 5) is 54.1. The quantitative estimate of drug-likeness (QED) is 0.110. The summed E-state index contributed by atoms with van der Waals surface area (Å²) in [7, 11) is 0. The average Bonchev–Trinajstić information content (AvgIpc) is 3.35. The highest BCUT2D eigenvalue weighted by molar-refractivity contribution is 8.06. The summed E-state index contributed by atoms with van der Waals surface area (Å²) in [6, 6.07) is 0.849. The summed E-state index contributed by atoms with van der Waals surface area (Å²) in [5.74, 6) is -0.874. The Morgan fingerprint density at radius 1 is 1.45 bits per heavy atom. The molecule has 0 aliphatic carbocycles. The predicted molar refractivity (Wildman–Crippen MR) is 155 cm³/mol. The monoisotopic (exact) mass is 627 g/mol. The molecule has 0 aromatic carbocycles. The van der Waals surface area contributed by atoms with Crippen molar-refractivity contribution in [1.29, 1.82) is 0 Å². The van der Waals surface area contributed by atoms with Crippen LogP contribution >= 0.6 is 46.6 Å². The van der Waals surface area contributed by atoms with Gasteiger partial charge in [-0.05, 0) is 18.6 Å². The van der Waals surface area contributed by atoms with Crippen LogP contribution in [0.3, 0.4) is 0 Å². The third-order valence-corrected chi connectivity index (χ3v) is 10.1. The van der Waals surface area contributed by atoms with Crippen LogP contribution in [0, 0.1) is 0 Å². The number of fused-ring (bicyclic) bond motifs is 1. The Hall–Kier alpha value is -2.86. The standard InChI is InChI=1S/C23H26FN7O5S4/c1-11(25)7-37-8-12-6-27-4-2-14(12)40-15-10-38-21-17(20(33)31(21)18(15)22(34)35)29-19(32)16(30-36-5-3-24)13-9-39-23(26)28-13/h2,4,6,9,11,17,21H,3,5,7-8,10,25H2,1H3,(H2,26,28)(H,29,32)(H,34,35)/t11?,17-,21+/m1/s1. The summed E-state index contributed by atoms with van der Waals surface area (Å²) >= 11 is 5.34. The molecule has 3 atom stereocenters. The van der Waals surface area contributed by atoms with Gasteiger partial charge in [-0.1, -0.05) is 16.9 Å². The molecule has 0 saturated carbocycles. The molecule has 12 nitrogen and oxygen atoms in total. The smallest absolute Gasteiger partial charge is 0.353 e. The van der Waals surface area contributed by atoms with Gasteiger partial charge in [-0.25, -0.2) is 14.2 Å². The molecule has 0 spiro atoms. The molecule has 4 heterocycles. The molecule has 17 heteroatoms. The molecule has 6 N–H and O–H groups in total. The van der Waals surface area contributed by atoms with Crippen LogP contribution in [0.1, 0.15) is 18.2 Å². The van der Waals surface area contributed by atoms with E-state index in [0.29, 0.717) is 16.4 Å². The van der Waals surface area contributed by atoms with E-state index in [4.69, 9.17) is 16.3 Å². The molecular formula is C23H26FN7O5S4. The first kappa shape index (κ1) is 30.1. The van der Waals surface area contributed by atoms with Crippen LogP contribution in [0.25, 0.3) is 0 Å². The lowest BCUT2D eigenvalue weighted by molar-refractivity contribution is -0.150. The van der Waals surface area contributed by atoms with Gasteiger partial charge < -0.3 is 26.7 Å². The van der Waals surface area contributed by atoms with Gasteiger partial charge in [0.15, 0.2) is 10.8 Å². The number of carbonyl (C=O) groups excluding carboxylic acids is 2. The minimum Gasteiger partial charge on any atom is -0.477 e. The number of thioether (sulfide) groups is 3. The van der Waals surface area contributed by atoms with E-state index in [9.17, 15) is 23.9 Å². The zero-order valence-electron chi connectivity index (χ0n) is 21.1. The van der Waals surface area contributed by atoms with E-state index in [1.54, 1.807) is 24.2 Å². The van der Waals surface area contributed by atoms with Gasteiger partial charge in [0.1, 0.15) is 36.1 Å². The molecule has 2 aliphatic rings. The number of halogens is 1. The van der Waals surface area contributed by atoms with Gasteiger partial charge in [-0.15, -0.1) is 23.1 Å². The van der Waals surface area contributed by atoms with E-state index < -0.39 is 35.9 Å². The number of nitrogen functional groups attached to an aromatic ring is 1. The minimum atomic E-state index is -1.24. The van der Waals surface area contributed by atoms with Crippen molar-refractivity contribution in [3.63, 3.8) is 0 Å². The van der Waals surface area contributed by atoms with Gasteiger partial charge in [0.05, 0.1) is 0 Å². The number of alkyl halides is 1. The van der Waals surface area contributed by atoms with Crippen molar-refractivity contribution >= 4 is 75.2 Å². The van der Waals surface area contributed by atoms with Crippen LogP contribution in [-0.2, 0) is 25.0 Å². The van der Waals surface area contributed by atoms with Crippen LogP contribution in [0.5, 0.6) is 0 Å². The lowest BCUT2D eigenvalue weighted by Gasteiger charge is -2.49. The number of anilines is 1. The van der Waals surface area contributed by atoms with E-state index in [0.717, 1.165) is 27.5 Å². The third-order valence-electron chi connectivity index (χ3n) is 5.46. The number of nitrogens with zero attached hydrogens (tertiary/aromatic N) is 4. The number of carboxylic acid groups (broad SMARTS) is 1. The Kier molecular flexibility index (Phi) is 10.3. The van der Waals surface area contributed by atoms with Crippen LogP contribution in [0.15, 0.2) is 44.5 Å². The number of nitrogens with one attached hydrogen (secondary N) is 1. The van der Waals surface area contributed by atoms with Crippen molar-refractivity contribution in [2.24, 2.45) is 10.9 Å². The fraction of sp³-hybridized carbons (Fsp3) is 0.391. The van der Waals surface area contributed by atoms with E-state index >= 15 is 0 Å². The van der Waals surface area contributed by atoms with Crippen molar-refractivity contribution in [3.05, 3.63) is 45.7 Å². The summed E-state index contributed by atoms with van der Waals surface area (Å²) < 4.78 is 12.5. The number of hydrogen-bond donors (Lipinski definition) is 4. The molecule has 0 bridgehead atoms. The number of rotatable bonds is 13. The maximum atomic E-state index is 13.2. The fourth-order valence-corrected chi connectivity index (χ4v) is 7.88. The highest BCUT2D eigenvalue weighted by atomic mass is 32.2. The summed E-state index contributed by atoms with van der Waals surface area (Å²) in [6.07, 6.45) is 3.37. The second kappa shape index (κ2) is 13.7. The van der Waals surface area contributed by atoms with Crippen LogP contribution in [0.4, 0.5) is 9.52 Å². The molecule has 2 aliphatic heterocycles. The molecule has 2 aromatic rings. The highest BCUT2D eigenvalue weighted by Gasteiger charge is 2.54. The number of oxime groups is 1. The molecule has 2 aromatic heterocycles. The van der Waals surface area contributed by atoms with Gasteiger partial charge in [-0.3, -0.25) is 19.5 Å². The summed E-state index contributed by atoms with van der Waals surface area (Å²) in [6.45, 7) is 0.736. The van der Waals surface area contributed by atoms with Crippen LogP contribution in [-0.4, -0.2) is 85.7 Å². The zero-order chi connectivity index (χ0) is 28.8. The number of β-lactam (4-membered cyclic amide) rings is 1. The molecule has 214 valence electrons. The SMILES string of the molecule is CC(N)CSCc1cnccc1SC1=C(C(=O)O)N2C(=O)[C@@H](NC(=O)C(=NOCCF)c3csc(N)n3)[C@@H]2SC1. The Balaban J connectivity index is 1.51. The summed E-state index contributed by atoms with van der Waals surface area (Å²) in [5.41, 5.74) is 12.2. The predicted octanol–water partition coefficient (Wildman–Crippen LogP) is 1.88. The van der Waals surface area contributed by atoms with E-state index in [2.05, 4.69) is 20.4 Å².